The van der Waals surface area contributed by atoms with Gasteiger partial charge in [0, 0.05) is 34.6 Å². The normalized spacial score (nSPS) is 15.4. The summed E-state index contributed by atoms with van der Waals surface area (Å²) >= 11 is 0. The predicted octanol–water partition coefficient (Wildman–Crippen LogP) is 5.08. The van der Waals surface area contributed by atoms with Gasteiger partial charge in [0.05, 0.1) is 14.2 Å². The highest BCUT2D eigenvalue weighted by molar-refractivity contribution is 5.96. The van der Waals surface area contributed by atoms with Crippen LogP contribution in [0.15, 0.2) is 69.4 Å². The minimum absolute atomic E-state index is 0.133. The Kier molecular flexibility index (Phi) is 6.17. The molecule has 0 amide bonds. The Balaban J connectivity index is 0.00000117. The summed E-state index contributed by atoms with van der Waals surface area (Å²) in [4.78, 5) is 24.2. The monoisotopic (exact) mass is 392 g/mol. The minimum atomic E-state index is -0.361. The number of ether oxygens (including phenoxy) is 2. The molecule has 1 aliphatic heterocycles. The van der Waals surface area contributed by atoms with E-state index in [-0.39, 0.29) is 17.3 Å². The molecule has 2 aliphatic carbocycles. The molecular weight excluding hydrogens is 368 g/mol. The van der Waals surface area contributed by atoms with E-state index in [9.17, 15) is 9.59 Å². The van der Waals surface area contributed by atoms with Crippen molar-refractivity contribution in [3.63, 3.8) is 0 Å². The Morgan fingerprint density at radius 2 is 1.90 bits per heavy atom. The van der Waals surface area contributed by atoms with Gasteiger partial charge in [-0.3, -0.25) is 4.79 Å². The van der Waals surface area contributed by atoms with Crippen molar-refractivity contribution in [3.8, 4) is 17.1 Å². The summed E-state index contributed by atoms with van der Waals surface area (Å²) in [6, 6.07) is 10.3. The van der Waals surface area contributed by atoms with Crippen LogP contribution in [0.3, 0.4) is 0 Å². The minimum Gasteiger partial charge on any atom is -0.497 e. The molecule has 1 unspecified atom stereocenters. The van der Waals surface area contributed by atoms with Gasteiger partial charge in [-0.1, -0.05) is 32.1 Å². The maximum absolute atomic E-state index is 12.4. The first kappa shape index (κ1) is 20.4. The number of hydrogen-bond acceptors (Lipinski definition) is 5. The van der Waals surface area contributed by atoms with Gasteiger partial charge in [-0.2, -0.15) is 0 Å². The molecule has 1 aromatic carbocycles. The Hall–Kier alpha value is -3.34. The number of esters is 1. The van der Waals surface area contributed by atoms with Crippen molar-refractivity contribution in [2.24, 2.45) is 0 Å². The van der Waals surface area contributed by atoms with Crippen molar-refractivity contribution >= 4 is 16.9 Å². The molecule has 0 radical (unpaired) electrons. The van der Waals surface area contributed by atoms with Gasteiger partial charge < -0.3 is 13.9 Å². The predicted molar refractivity (Wildman–Crippen MR) is 114 cm³/mol. The summed E-state index contributed by atoms with van der Waals surface area (Å²) in [5.74, 6) is 0.578. The smallest absolute Gasteiger partial charge is 0.334 e. The van der Waals surface area contributed by atoms with Crippen molar-refractivity contribution in [2.45, 2.75) is 26.2 Å². The number of hydrogen-bond donors (Lipinski definition) is 0. The SMILES string of the molecule is CC.COC(=O)C1=CC=CCC1c1c2ccc(=O)cc-2oc2cc(OC)ccc12. The summed E-state index contributed by atoms with van der Waals surface area (Å²) < 4.78 is 16.3. The lowest BCUT2D eigenvalue weighted by molar-refractivity contribution is -0.136. The Morgan fingerprint density at radius 1 is 1.10 bits per heavy atom. The number of carbonyl (C=O) groups is 1. The number of allylic oxidation sites excluding steroid dienone is 3. The molecule has 0 N–H and O–H groups in total. The van der Waals surface area contributed by atoms with Crippen molar-refractivity contribution < 1.29 is 18.7 Å². The molecule has 0 spiro atoms. The van der Waals surface area contributed by atoms with Gasteiger partial charge in [-0.25, -0.2) is 4.79 Å². The molecule has 29 heavy (non-hydrogen) atoms. The zero-order valence-corrected chi connectivity index (χ0v) is 17.0. The highest BCUT2D eigenvalue weighted by Gasteiger charge is 2.29. The van der Waals surface area contributed by atoms with Gasteiger partial charge in [0.25, 0.3) is 0 Å². The van der Waals surface area contributed by atoms with E-state index in [2.05, 4.69) is 0 Å². The second-order valence-corrected chi connectivity index (χ2v) is 6.37. The molecule has 4 rings (SSSR count). The molecular formula is C24H24O5. The van der Waals surface area contributed by atoms with E-state index in [1.165, 1.54) is 19.2 Å². The van der Waals surface area contributed by atoms with Crippen LogP contribution in [0.1, 0.15) is 31.7 Å². The van der Waals surface area contributed by atoms with Crippen molar-refractivity contribution in [2.75, 3.05) is 14.2 Å². The number of carbonyl (C=O) groups excluding carboxylic acids is 1. The molecule has 0 saturated heterocycles. The average Bonchev–Trinajstić information content (AvgIpc) is 2.77. The van der Waals surface area contributed by atoms with E-state index in [1.54, 1.807) is 25.3 Å². The third kappa shape index (κ3) is 3.81. The summed E-state index contributed by atoms with van der Waals surface area (Å²) in [6.45, 7) is 4.00. The Labute approximate surface area is 169 Å². The van der Waals surface area contributed by atoms with Crippen LogP contribution in [0.5, 0.6) is 5.75 Å². The molecule has 150 valence electrons. The van der Waals surface area contributed by atoms with Gasteiger partial charge in [0.15, 0.2) is 5.43 Å². The van der Waals surface area contributed by atoms with Crippen LogP contribution in [0.4, 0.5) is 0 Å². The lowest BCUT2D eigenvalue weighted by Crippen LogP contribution is -2.16. The van der Waals surface area contributed by atoms with E-state index in [1.807, 2.05) is 38.1 Å². The summed E-state index contributed by atoms with van der Waals surface area (Å²) in [6.07, 6.45) is 6.32. The molecule has 1 heterocycles. The van der Waals surface area contributed by atoms with Crippen LogP contribution < -0.4 is 10.2 Å². The van der Waals surface area contributed by atoms with Crippen LogP contribution in [-0.4, -0.2) is 20.2 Å². The second kappa shape index (κ2) is 8.78. The standard InChI is InChI=1S/C22H18O5.C2H6/c1-25-14-8-10-18-20(12-14)27-19-11-13(23)7-9-17(19)21(18)15-5-3-4-6-16(15)22(24)26-2;1-2/h3-4,6-12,15H,5H2,1-2H3;1-2H3. The number of benzene rings is 2. The van der Waals surface area contributed by atoms with Gasteiger partial charge in [0.1, 0.15) is 17.1 Å². The first-order valence-corrected chi connectivity index (χ1v) is 9.62. The largest absolute Gasteiger partial charge is 0.497 e. The molecule has 5 nitrogen and oxygen atoms in total. The van der Waals surface area contributed by atoms with Crippen LogP contribution in [0.2, 0.25) is 0 Å². The first-order valence-electron chi connectivity index (χ1n) is 9.62. The van der Waals surface area contributed by atoms with Crippen LogP contribution in [0.25, 0.3) is 22.3 Å². The molecule has 0 aromatic heterocycles. The first-order chi connectivity index (χ1) is 14.1. The van der Waals surface area contributed by atoms with E-state index < -0.39 is 0 Å². The Morgan fingerprint density at radius 3 is 2.62 bits per heavy atom. The third-order valence-corrected chi connectivity index (χ3v) is 4.87. The van der Waals surface area contributed by atoms with E-state index in [0.717, 1.165) is 16.5 Å². The van der Waals surface area contributed by atoms with Gasteiger partial charge in [-0.15, -0.1) is 0 Å². The fraction of sp³-hybridized carbons (Fsp3) is 0.250. The van der Waals surface area contributed by atoms with Gasteiger partial charge >= 0.3 is 5.97 Å². The van der Waals surface area contributed by atoms with Gasteiger partial charge in [0.2, 0.25) is 0 Å². The fourth-order valence-electron chi connectivity index (χ4n) is 3.62. The maximum Gasteiger partial charge on any atom is 0.334 e. The number of rotatable bonds is 3. The second-order valence-electron chi connectivity index (χ2n) is 6.37. The van der Waals surface area contributed by atoms with E-state index in [0.29, 0.717) is 29.1 Å². The number of methoxy groups -OCH3 is 2. The highest BCUT2D eigenvalue weighted by atomic mass is 16.5. The third-order valence-electron chi connectivity index (χ3n) is 4.87. The summed E-state index contributed by atoms with van der Waals surface area (Å²) in [7, 11) is 2.96. The van der Waals surface area contributed by atoms with Gasteiger partial charge in [-0.05, 0) is 36.2 Å². The summed E-state index contributed by atoms with van der Waals surface area (Å²) in [5.41, 5.74) is 2.79. The van der Waals surface area contributed by atoms with E-state index >= 15 is 0 Å². The zero-order chi connectivity index (χ0) is 21.0. The fourth-order valence-corrected chi connectivity index (χ4v) is 3.62. The molecule has 0 saturated carbocycles. The molecule has 3 aliphatic rings. The highest BCUT2D eigenvalue weighted by Crippen LogP contribution is 2.43. The average molecular weight is 392 g/mol. The Bertz CT molecular complexity index is 1120. The van der Waals surface area contributed by atoms with Crippen LogP contribution in [0, 0.1) is 0 Å². The molecule has 1 aromatic rings. The maximum atomic E-state index is 12.4. The topological polar surface area (TPSA) is 65.7 Å². The molecule has 0 fully saturated rings. The quantitative estimate of drug-likeness (QED) is 0.460. The zero-order valence-electron chi connectivity index (χ0n) is 17.0. The molecule has 1 atom stereocenters. The lowest BCUT2D eigenvalue weighted by Gasteiger charge is -2.25. The van der Waals surface area contributed by atoms with E-state index in [4.69, 9.17) is 13.9 Å². The molecule has 0 bridgehead atoms. The van der Waals surface area contributed by atoms with Crippen molar-refractivity contribution in [3.05, 3.63) is 76.0 Å². The lowest BCUT2D eigenvalue weighted by atomic mass is 9.80. The summed E-state index contributed by atoms with van der Waals surface area (Å²) in [5, 5.41) is 0.872. The van der Waals surface area contributed by atoms with Crippen molar-refractivity contribution in [1.82, 2.24) is 0 Å². The molecule has 5 heteroatoms. The number of fused-ring (bicyclic) bond motifs is 2. The van der Waals surface area contributed by atoms with Crippen LogP contribution >= 0.6 is 0 Å². The van der Waals surface area contributed by atoms with Crippen molar-refractivity contribution in [1.29, 1.82) is 0 Å². The van der Waals surface area contributed by atoms with Crippen LogP contribution in [-0.2, 0) is 9.53 Å².